The number of hydrogen-bond acceptors (Lipinski definition) is 3. The Kier molecular flexibility index (Phi) is 8.56. The fourth-order valence-electron chi connectivity index (χ4n) is 3.55. The van der Waals surface area contributed by atoms with Crippen LogP contribution in [-0.2, 0) is 4.74 Å². The van der Waals surface area contributed by atoms with Crippen molar-refractivity contribution >= 4 is 29.9 Å². The Hall–Kier alpha value is -0.930. The summed E-state index contributed by atoms with van der Waals surface area (Å²) in [7, 11) is 0. The van der Waals surface area contributed by atoms with Crippen molar-refractivity contribution < 1.29 is 9.13 Å². The van der Waals surface area contributed by atoms with Gasteiger partial charge in [-0.25, -0.2) is 4.39 Å². The van der Waals surface area contributed by atoms with Crippen molar-refractivity contribution in [3.8, 4) is 0 Å². The maximum Gasteiger partial charge on any atom is 0.191 e. The van der Waals surface area contributed by atoms with Gasteiger partial charge in [0.05, 0.1) is 25.8 Å². The number of nitrogens with two attached hydrogens (primary N) is 1. The number of likely N-dealkylation sites (tertiary alicyclic amines) is 1. The molecule has 2 aliphatic heterocycles. The van der Waals surface area contributed by atoms with Crippen molar-refractivity contribution in [2.24, 2.45) is 16.6 Å². The zero-order valence-corrected chi connectivity index (χ0v) is 17.8. The summed E-state index contributed by atoms with van der Waals surface area (Å²) >= 11 is 0. The molecule has 0 amide bonds. The largest absolute Gasteiger partial charge is 0.379 e. The van der Waals surface area contributed by atoms with E-state index in [1.807, 2.05) is 6.07 Å². The maximum absolute atomic E-state index is 13.7. The van der Waals surface area contributed by atoms with Gasteiger partial charge in [-0.3, -0.25) is 9.89 Å². The van der Waals surface area contributed by atoms with Crippen LogP contribution in [0.15, 0.2) is 29.3 Å². The number of aliphatic imine (C=N–C) groups is 1. The van der Waals surface area contributed by atoms with E-state index >= 15 is 0 Å². The van der Waals surface area contributed by atoms with Crippen LogP contribution in [0, 0.1) is 11.7 Å². The van der Waals surface area contributed by atoms with E-state index in [0.717, 1.165) is 50.5 Å². The number of piperidine rings is 1. The lowest BCUT2D eigenvalue weighted by atomic mass is 10.00. The number of morpholine rings is 1. The Morgan fingerprint density at radius 3 is 2.62 bits per heavy atom. The summed E-state index contributed by atoms with van der Waals surface area (Å²) in [5.41, 5.74) is 7.19. The van der Waals surface area contributed by atoms with Gasteiger partial charge in [0.1, 0.15) is 5.82 Å². The zero-order chi connectivity index (χ0) is 17.6. The van der Waals surface area contributed by atoms with E-state index in [1.54, 1.807) is 12.1 Å². The SMILES string of the molecule is CC1CCN(C(N)=NCC(c2cccc(F)c2)N2CCOCC2)CC1.I. The van der Waals surface area contributed by atoms with Crippen molar-refractivity contribution in [1.29, 1.82) is 0 Å². The fourth-order valence-corrected chi connectivity index (χ4v) is 3.55. The molecule has 2 fully saturated rings. The van der Waals surface area contributed by atoms with Crippen LogP contribution in [0.2, 0.25) is 0 Å². The Bertz CT molecular complexity index is 587. The van der Waals surface area contributed by atoms with E-state index in [1.165, 1.54) is 6.07 Å². The minimum atomic E-state index is -0.210. The van der Waals surface area contributed by atoms with Crippen molar-refractivity contribution in [2.75, 3.05) is 45.9 Å². The molecule has 0 saturated carbocycles. The molecule has 146 valence electrons. The lowest BCUT2D eigenvalue weighted by Gasteiger charge is -2.35. The molecule has 2 aliphatic rings. The first-order valence-electron chi connectivity index (χ1n) is 9.25. The predicted molar refractivity (Wildman–Crippen MR) is 113 cm³/mol. The van der Waals surface area contributed by atoms with Crippen LogP contribution in [0.5, 0.6) is 0 Å². The van der Waals surface area contributed by atoms with Gasteiger partial charge in [0.15, 0.2) is 5.96 Å². The molecule has 1 atom stereocenters. The highest BCUT2D eigenvalue weighted by Gasteiger charge is 2.24. The van der Waals surface area contributed by atoms with Gasteiger partial charge >= 0.3 is 0 Å². The van der Waals surface area contributed by atoms with Crippen molar-refractivity contribution in [3.63, 3.8) is 0 Å². The molecule has 0 radical (unpaired) electrons. The normalized spacial score (nSPS) is 21.3. The molecule has 1 aromatic rings. The summed E-state index contributed by atoms with van der Waals surface area (Å²) in [4.78, 5) is 9.15. The molecule has 26 heavy (non-hydrogen) atoms. The van der Waals surface area contributed by atoms with Crippen molar-refractivity contribution in [2.45, 2.75) is 25.8 Å². The second-order valence-electron chi connectivity index (χ2n) is 7.09. The topological polar surface area (TPSA) is 54.1 Å². The second-order valence-corrected chi connectivity index (χ2v) is 7.09. The van der Waals surface area contributed by atoms with E-state index in [2.05, 4.69) is 21.7 Å². The molecule has 1 aromatic carbocycles. The quantitative estimate of drug-likeness (QED) is 0.413. The maximum atomic E-state index is 13.7. The standard InChI is InChI=1S/C19H29FN4O.HI/c1-15-5-7-24(8-6-15)19(21)22-14-18(23-9-11-25-12-10-23)16-3-2-4-17(20)13-16;/h2-4,13,15,18H,5-12,14H2,1H3,(H2,21,22);1H. The average Bonchev–Trinajstić information content (AvgIpc) is 2.63. The van der Waals surface area contributed by atoms with E-state index in [-0.39, 0.29) is 35.8 Å². The summed E-state index contributed by atoms with van der Waals surface area (Å²) in [5, 5.41) is 0. The van der Waals surface area contributed by atoms with Crippen LogP contribution < -0.4 is 5.73 Å². The van der Waals surface area contributed by atoms with Crippen LogP contribution >= 0.6 is 24.0 Å². The number of hydrogen-bond donors (Lipinski definition) is 1. The van der Waals surface area contributed by atoms with Gasteiger partial charge in [0, 0.05) is 26.2 Å². The number of nitrogens with zero attached hydrogens (tertiary/aromatic N) is 3. The molecule has 2 saturated heterocycles. The highest BCUT2D eigenvalue weighted by Crippen LogP contribution is 2.23. The van der Waals surface area contributed by atoms with Crippen LogP contribution in [0.4, 0.5) is 4.39 Å². The summed E-state index contributed by atoms with van der Waals surface area (Å²) in [6.45, 7) is 7.83. The minimum Gasteiger partial charge on any atom is -0.379 e. The second kappa shape index (κ2) is 10.4. The Balaban J connectivity index is 0.00000243. The van der Waals surface area contributed by atoms with E-state index in [9.17, 15) is 4.39 Å². The van der Waals surface area contributed by atoms with Gasteiger partial charge in [-0.15, -0.1) is 24.0 Å². The van der Waals surface area contributed by atoms with Crippen molar-refractivity contribution in [1.82, 2.24) is 9.80 Å². The smallest absolute Gasteiger partial charge is 0.191 e. The van der Waals surface area contributed by atoms with Gasteiger partial charge in [0.2, 0.25) is 0 Å². The monoisotopic (exact) mass is 476 g/mol. The fraction of sp³-hybridized carbons (Fsp3) is 0.632. The molecule has 1 unspecified atom stereocenters. The van der Waals surface area contributed by atoms with Gasteiger partial charge < -0.3 is 15.4 Å². The van der Waals surface area contributed by atoms with Crippen LogP contribution in [0.25, 0.3) is 0 Å². The molecule has 0 aliphatic carbocycles. The molecule has 0 aromatic heterocycles. The van der Waals surface area contributed by atoms with Gasteiger partial charge in [-0.2, -0.15) is 0 Å². The van der Waals surface area contributed by atoms with E-state index < -0.39 is 0 Å². The lowest BCUT2D eigenvalue weighted by molar-refractivity contribution is 0.0179. The molecular formula is C19H30FIN4O. The number of benzene rings is 1. The first-order valence-corrected chi connectivity index (χ1v) is 9.25. The Morgan fingerprint density at radius 1 is 1.27 bits per heavy atom. The molecule has 5 nitrogen and oxygen atoms in total. The van der Waals surface area contributed by atoms with Crippen molar-refractivity contribution in [3.05, 3.63) is 35.6 Å². The minimum absolute atomic E-state index is 0. The average molecular weight is 476 g/mol. The summed E-state index contributed by atoms with van der Waals surface area (Å²) in [6.07, 6.45) is 2.32. The zero-order valence-electron chi connectivity index (χ0n) is 15.4. The number of halogens is 2. The van der Waals surface area contributed by atoms with E-state index in [0.29, 0.717) is 25.7 Å². The van der Waals surface area contributed by atoms with Crippen LogP contribution in [0.3, 0.4) is 0 Å². The molecular weight excluding hydrogens is 446 g/mol. The van der Waals surface area contributed by atoms with Gasteiger partial charge in [0.25, 0.3) is 0 Å². The van der Waals surface area contributed by atoms with E-state index in [4.69, 9.17) is 10.5 Å². The third-order valence-corrected chi connectivity index (χ3v) is 5.25. The number of rotatable bonds is 4. The Morgan fingerprint density at radius 2 is 1.96 bits per heavy atom. The number of ether oxygens (including phenoxy) is 1. The molecule has 0 bridgehead atoms. The molecule has 2 N–H and O–H groups in total. The summed E-state index contributed by atoms with van der Waals surface area (Å²) in [5.74, 6) is 1.16. The lowest BCUT2D eigenvalue weighted by Crippen LogP contribution is -2.44. The molecule has 2 heterocycles. The third-order valence-electron chi connectivity index (χ3n) is 5.25. The Labute approximate surface area is 172 Å². The van der Waals surface area contributed by atoms with Gasteiger partial charge in [-0.1, -0.05) is 19.1 Å². The predicted octanol–water partition coefficient (Wildman–Crippen LogP) is 2.86. The molecule has 3 rings (SSSR count). The first kappa shape index (κ1) is 21.4. The highest BCUT2D eigenvalue weighted by atomic mass is 127. The van der Waals surface area contributed by atoms with Crippen LogP contribution in [-0.4, -0.2) is 61.7 Å². The molecule has 7 heteroatoms. The number of guanidine groups is 1. The van der Waals surface area contributed by atoms with Gasteiger partial charge in [-0.05, 0) is 36.5 Å². The van der Waals surface area contributed by atoms with Crippen LogP contribution in [0.1, 0.15) is 31.4 Å². The summed E-state index contributed by atoms with van der Waals surface area (Å²) in [6, 6.07) is 6.84. The molecule has 0 spiro atoms. The first-order chi connectivity index (χ1) is 12.1. The summed E-state index contributed by atoms with van der Waals surface area (Å²) < 4.78 is 19.2. The third kappa shape index (κ3) is 5.79. The highest BCUT2D eigenvalue weighted by molar-refractivity contribution is 14.0.